The highest BCUT2D eigenvalue weighted by molar-refractivity contribution is 6.26. The number of fused-ring (bicyclic) bond motifs is 2. The molecule has 4 rings (SSSR count). The Bertz CT molecular complexity index is 1040. The van der Waals surface area contributed by atoms with Crippen molar-refractivity contribution in [3.8, 4) is 28.7 Å². The lowest BCUT2D eigenvalue weighted by Gasteiger charge is -2.30. The third kappa shape index (κ3) is 1.69. The Kier molecular flexibility index (Phi) is 3.09. The van der Waals surface area contributed by atoms with E-state index in [1.165, 1.54) is 13.2 Å². The first-order chi connectivity index (χ1) is 12.1. The Morgan fingerprint density at radius 3 is 2.46 bits per heavy atom. The van der Waals surface area contributed by atoms with Crippen molar-refractivity contribution in [2.45, 2.75) is 39.2 Å². The Morgan fingerprint density at radius 2 is 1.85 bits per heavy atom. The lowest BCUT2D eigenvalue weighted by atomic mass is 9.76. The van der Waals surface area contributed by atoms with Crippen LogP contribution in [0.2, 0.25) is 0 Å². The molecular weight excluding hydrogens is 336 g/mol. The Hall–Kier alpha value is -2.89. The second kappa shape index (κ2) is 4.84. The van der Waals surface area contributed by atoms with Crippen LogP contribution in [0.5, 0.6) is 28.7 Å². The van der Waals surface area contributed by atoms with E-state index in [-0.39, 0.29) is 28.2 Å². The molecule has 0 unspecified atom stereocenters. The van der Waals surface area contributed by atoms with Gasteiger partial charge in [-0.2, -0.15) is 0 Å². The highest BCUT2D eigenvalue weighted by Crippen LogP contribution is 2.59. The number of allylic oxidation sites excluding steroid dienone is 2. The molecule has 2 aromatic carbocycles. The molecular formula is C20H19O6-. The lowest BCUT2D eigenvalue weighted by Crippen LogP contribution is -2.29. The first kappa shape index (κ1) is 16.6. The van der Waals surface area contributed by atoms with E-state index in [1.54, 1.807) is 6.92 Å². The molecule has 1 atom stereocenters. The molecule has 1 aliphatic heterocycles. The van der Waals surface area contributed by atoms with Gasteiger partial charge in [-0.1, -0.05) is 19.6 Å². The summed E-state index contributed by atoms with van der Waals surface area (Å²) in [6.45, 7) is 7.44. The van der Waals surface area contributed by atoms with Crippen molar-refractivity contribution < 1.29 is 29.6 Å². The van der Waals surface area contributed by atoms with Crippen molar-refractivity contribution in [1.29, 1.82) is 0 Å². The summed E-state index contributed by atoms with van der Waals surface area (Å²) < 4.78 is 11.1. The molecule has 2 N–H and O–H groups in total. The molecule has 0 aromatic heterocycles. The van der Waals surface area contributed by atoms with Crippen molar-refractivity contribution in [3.05, 3.63) is 22.8 Å². The molecule has 1 heterocycles. The number of methoxy groups -OCH3 is 1. The molecule has 0 spiro atoms. The van der Waals surface area contributed by atoms with Crippen LogP contribution in [-0.4, -0.2) is 29.2 Å². The van der Waals surface area contributed by atoms with Gasteiger partial charge in [0.05, 0.1) is 12.7 Å². The SMILES string of the molecule is COc1c(O)c2c3c(c4c(c([O-])c3c1O)C(C)(C)[C@@H](C)O4)C(C)=CC2=O. The summed E-state index contributed by atoms with van der Waals surface area (Å²) in [4.78, 5) is 12.6. The number of carbonyl (C=O) groups is 1. The summed E-state index contributed by atoms with van der Waals surface area (Å²) in [5.41, 5.74) is 1.03. The number of ketones is 1. The highest BCUT2D eigenvalue weighted by atomic mass is 16.5. The number of phenolic OH excluding ortho intramolecular Hbond substituents is 2. The van der Waals surface area contributed by atoms with Gasteiger partial charge in [0.1, 0.15) is 11.9 Å². The summed E-state index contributed by atoms with van der Waals surface area (Å²) in [5, 5.41) is 34.7. The molecule has 0 saturated heterocycles. The minimum Gasteiger partial charge on any atom is -0.872 e. The van der Waals surface area contributed by atoms with E-state index in [2.05, 4.69) is 0 Å². The minimum absolute atomic E-state index is 0.0185. The van der Waals surface area contributed by atoms with Gasteiger partial charge in [-0.3, -0.25) is 4.79 Å². The zero-order valence-corrected chi connectivity index (χ0v) is 15.2. The van der Waals surface area contributed by atoms with Crippen LogP contribution in [0.15, 0.2) is 6.08 Å². The number of rotatable bonds is 1. The molecule has 0 fully saturated rings. The fraction of sp³-hybridized carbons (Fsp3) is 0.350. The minimum atomic E-state index is -0.573. The number of benzene rings is 2. The first-order valence-electron chi connectivity index (χ1n) is 8.35. The molecule has 6 heteroatoms. The van der Waals surface area contributed by atoms with Crippen molar-refractivity contribution in [2.24, 2.45) is 0 Å². The van der Waals surface area contributed by atoms with Gasteiger partial charge in [-0.05, 0) is 31.1 Å². The molecule has 0 bridgehead atoms. The van der Waals surface area contributed by atoms with Crippen molar-refractivity contribution in [2.75, 3.05) is 7.11 Å². The summed E-state index contributed by atoms with van der Waals surface area (Å²) in [5.74, 6) is -1.64. The fourth-order valence-corrected chi connectivity index (χ4v) is 4.02. The van der Waals surface area contributed by atoms with E-state index in [1.807, 2.05) is 20.8 Å². The van der Waals surface area contributed by atoms with Gasteiger partial charge in [0.15, 0.2) is 17.3 Å². The van der Waals surface area contributed by atoms with Gasteiger partial charge in [0, 0.05) is 21.8 Å². The van der Waals surface area contributed by atoms with Gasteiger partial charge in [0.2, 0.25) is 5.75 Å². The molecule has 0 saturated carbocycles. The van der Waals surface area contributed by atoms with Crippen LogP contribution in [0.1, 0.15) is 49.2 Å². The first-order valence-corrected chi connectivity index (χ1v) is 8.35. The average molecular weight is 355 g/mol. The van der Waals surface area contributed by atoms with Crippen molar-refractivity contribution in [3.63, 3.8) is 0 Å². The predicted octanol–water partition coefficient (Wildman–Crippen LogP) is 2.99. The van der Waals surface area contributed by atoms with Gasteiger partial charge >= 0.3 is 0 Å². The maximum atomic E-state index is 13.3. The number of phenols is 2. The maximum absolute atomic E-state index is 13.3. The lowest BCUT2D eigenvalue weighted by molar-refractivity contribution is -0.267. The summed E-state index contributed by atoms with van der Waals surface area (Å²) in [6.07, 6.45) is 1.14. The topological polar surface area (TPSA) is 99.1 Å². The molecule has 0 amide bonds. The molecule has 26 heavy (non-hydrogen) atoms. The van der Waals surface area contributed by atoms with E-state index in [4.69, 9.17) is 9.47 Å². The molecule has 2 aromatic rings. The summed E-state index contributed by atoms with van der Waals surface area (Å²) in [7, 11) is 1.26. The van der Waals surface area contributed by atoms with Crippen LogP contribution in [-0.2, 0) is 5.41 Å². The zero-order chi connectivity index (χ0) is 19.1. The van der Waals surface area contributed by atoms with E-state index in [0.717, 1.165) is 0 Å². The Morgan fingerprint density at radius 1 is 1.19 bits per heavy atom. The van der Waals surface area contributed by atoms with Crippen LogP contribution in [0.4, 0.5) is 0 Å². The van der Waals surface area contributed by atoms with Crippen LogP contribution in [0, 0.1) is 0 Å². The van der Waals surface area contributed by atoms with Crippen molar-refractivity contribution >= 4 is 22.1 Å². The second-order valence-electron chi connectivity index (χ2n) is 7.44. The predicted molar refractivity (Wildman–Crippen MR) is 94.4 cm³/mol. The normalized spacial score (nSPS) is 20.0. The summed E-state index contributed by atoms with van der Waals surface area (Å²) in [6, 6.07) is 0. The number of ether oxygens (including phenoxy) is 2. The third-order valence-electron chi connectivity index (χ3n) is 5.71. The highest BCUT2D eigenvalue weighted by Gasteiger charge is 2.43. The quantitative estimate of drug-likeness (QED) is 0.816. The number of hydrogen-bond acceptors (Lipinski definition) is 6. The molecule has 2 aliphatic rings. The molecule has 6 nitrogen and oxygen atoms in total. The van der Waals surface area contributed by atoms with E-state index < -0.39 is 28.4 Å². The number of hydrogen-bond donors (Lipinski definition) is 2. The number of aromatic hydroxyl groups is 2. The van der Waals surface area contributed by atoms with Crippen molar-refractivity contribution in [1.82, 2.24) is 0 Å². The molecule has 136 valence electrons. The van der Waals surface area contributed by atoms with Gasteiger partial charge in [-0.25, -0.2) is 0 Å². The van der Waals surface area contributed by atoms with E-state index in [0.29, 0.717) is 22.4 Å². The number of carbonyl (C=O) groups excluding carboxylic acids is 1. The van der Waals surface area contributed by atoms with Gasteiger partial charge in [-0.15, -0.1) is 0 Å². The second-order valence-corrected chi connectivity index (χ2v) is 7.44. The fourth-order valence-electron chi connectivity index (χ4n) is 4.02. The third-order valence-corrected chi connectivity index (χ3v) is 5.71. The van der Waals surface area contributed by atoms with E-state index >= 15 is 0 Å². The molecule has 1 aliphatic carbocycles. The van der Waals surface area contributed by atoms with Crippen LogP contribution >= 0.6 is 0 Å². The zero-order valence-electron chi connectivity index (χ0n) is 15.2. The van der Waals surface area contributed by atoms with Crippen LogP contribution in [0.3, 0.4) is 0 Å². The van der Waals surface area contributed by atoms with Crippen LogP contribution in [0.25, 0.3) is 16.3 Å². The van der Waals surface area contributed by atoms with E-state index in [9.17, 15) is 20.1 Å². The van der Waals surface area contributed by atoms with Gasteiger partial charge in [0.25, 0.3) is 0 Å². The van der Waals surface area contributed by atoms with Gasteiger partial charge < -0.3 is 24.8 Å². The summed E-state index contributed by atoms with van der Waals surface area (Å²) >= 11 is 0. The molecule has 0 radical (unpaired) electrons. The smallest absolute Gasteiger partial charge is 0.204 e. The Balaban J connectivity index is 2.34. The van der Waals surface area contributed by atoms with Crippen LogP contribution < -0.4 is 14.6 Å². The Labute approximate surface area is 150 Å². The average Bonchev–Trinajstić information content (AvgIpc) is 2.77. The standard InChI is InChI=1S/C20H20O6/c1-7-6-9(21)11-12-10(7)18-14(20(3,4)8(2)26-18)15(22)13(12)17(24)19(25-5)16(11)23/h6,8,22-24H,1-5H3/p-1/t8-/m1/s1. The largest absolute Gasteiger partial charge is 0.872 e. The monoisotopic (exact) mass is 355 g/mol. The maximum Gasteiger partial charge on any atom is 0.204 e.